The van der Waals surface area contributed by atoms with E-state index >= 15 is 0 Å². The van der Waals surface area contributed by atoms with Crippen molar-refractivity contribution >= 4 is 6.21 Å². The van der Waals surface area contributed by atoms with E-state index in [1.165, 1.54) is 5.57 Å². The topological polar surface area (TPSA) is 21.6 Å². The number of rotatable bonds is 1. The molecule has 0 aromatic rings. The van der Waals surface area contributed by atoms with Crippen molar-refractivity contribution in [3.8, 4) is 0 Å². The first-order chi connectivity index (χ1) is 7.62. The first kappa shape index (κ1) is 13.0. The number of hydrogen-bond acceptors (Lipinski definition) is 2. The zero-order valence-electron chi connectivity index (χ0n) is 11.1. The van der Waals surface area contributed by atoms with E-state index in [4.69, 9.17) is 4.74 Å². The summed E-state index contributed by atoms with van der Waals surface area (Å²) >= 11 is 0. The third-order valence-corrected chi connectivity index (χ3v) is 3.20. The van der Waals surface area contributed by atoms with Gasteiger partial charge in [0.2, 0.25) is 0 Å². The Morgan fingerprint density at radius 1 is 1.38 bits per heavy atom. The molecule has 2 nitrogen and oxygen atoms in total. The van der Waals surface area contributed by atoms with Crippen molar-refractivity contribution in [2.75, 3.05) is 6.61 Å². The Hall–Kier alpha value is -1.05. The molecule has 2 aliphatic heterocycles. The summed E-state index contributed by atoms with van der Waals surface area (Å²) in [7, 11) is 0. The molecule has 90 valence electrons. The van der Waals surface area contributed by atoms with Crippen LogP contribution >= 0.6 is 0 Å². The maximum absolute atomic E-state index is 5.49. The van der Waals surface area contributed by atoms with Gasteiger partial charge in [0.25, 0.3) is 0 Å². The molecule has 0 N–H and O–H groups in total. The summed E-state index contributed by atoms with van der Waals surface area (Å²) in [6.07, 6.45) is 7.29. The Bertz CT molecular complexity index is 300. The van der Waals surface area contributed by atoms with Crippen LogP contribution in [0, 0.1) is 5.92 Å². The van der Waals surface area contributed by atoms with Gasteiger partial charge in [-0.05, 0) is 18.4 Å². The molecule has 0 bridgehead atoms. The molecule has 2 heteroatoms. The summed E-state index contributed by atoms with van der Waals surface area (Å²) in [5.41, 5.74) is 1.21. The Morgan fingerprint density at radius 3 is 2.69 bits per heavy atom. The molecule has 2 heterocycles. The fourth-order valence-corrected chi connectivity index (χ4v) is 1.62. The summed E-state index contributed by atoms with van der Waals surface area (Å²) in [4.78, 5) is 4.60. The minimum Gasteiger partial charge on any atom is -0.491 e. The van der Waals surface area contributed by atoms with Gasteiger partial charge in [-0.25, -0.2) is 0 Å². The van der Waals surface area contributed by atoms with E-state index in [0.29, 0.717) is 5.92 Å². The van der Waals surface area contributed by atoms with Gasteiger partial charge < -0.3 is 4.74 Å². The molecular weight excluding hydrogens is 198 g/mol. The third kappa shape index (κ3) is 2.55. The molecular formula is C14H23NO. The van der Waals surface area contributed by atoms with Gasteiger partial charge in [0.15, 0.2) is 0 Å². The molecule has 0 fully saturated rings. The molecule has 2 rings (SSSR count). The van der Waals surface area contributed by atoms with E-state index in [9.17, 15) is 0 Å². The lowest BCUT2D eigenvalue weighted by Crippen LogP contribution is -2.26. The minimum atomic E-state index is -0.0757. The van der Waals surface area contributed by atoms with Crippen LogP contribution in [0.25, 0.3) is 0 Å². The second kappa shape index (κ2) is 5.33. The van der Waals surface area contributed by atoms with Crippen molar-refractivity contribution < 1.29 is 4.74 Å². The van der Waals surface area contributed by atoms with Crippen molar-refractivity contribution in [2.45, 2.75) is 46.6 Å². The predicted molar refractivity (Wildman–Crippen MR) is 69.8 cm³/mol. The molecule has 0 aromatic heterocycles. The Kier molecular flexibility index (Phi) is 4.34. The summed E-state index contributed by atoms with van der Waals surface area (Å²) in [5.74, 6) is 1.47. The van der Waals surface area contributed by atoms with Crippen molar-refractivity contribution in [2.24, 2.45) is 10.9 Å². The number of hydrogen-bond donors (Lipinski definition) is 0. The first-order valence-electron chi connectivity index (χ1n) is 6.22. The average molecular weight is 221 g/mol. The standard InChI is InChI=1S/C12H17NO.C2H6/c1-9(2)12(3)6-4-10-5-7-14-11(10)8-13-12;1-2/h4,6,8-9H,5,7H2,1-3H3;1-2H3. The maximum atomic E-state index is 5.49. The first-order valence-corrected chi connectivity index (χ1v) is 6.22. The fourth-order valence-electron chi connectivity index (χ4n) is 1.62. The SMILES string of the molecule is CC.CC(C)C1(C)C=CC2=C(C=N1)OCC2. The van der Waals surface area contributed by atoms with E-state index in [2.05, 4.69) is 37.9 Å². The van der Waals surface area contributed by atoms with Crippen molar-refractivity contribution in [1.29, 1.82) is 0 Å². The highest BCUT2D eigenvalue weighted by Crippen LogP contribution is 2.29. The summed E-state index contributed by atoms with van der Waals surface area (Å²) in [6.45, 7) is 11.4. The van der Waals surface area contributed by atoms with Gasteiger partial charge in [-0.15, -0.1) is 0 Å². The molecule has 1 atom stereocenters. The summed E-state index contributed by atoms with van der Waals surface area (Å²) in [5, 5.41) is 0. The number of ether oxygens (including phenoxy) is 1. The molecule has 1 unspecified atom stereocenters. The van der Waals surface area contributed by atoms with Gasteiger partial charge in [0.1, 0.15) is 5.76 Å². The van der Waals surface area contributed by atoms with E-state index in [1.54, 1.807) is 0 Å². The van der Waals surface area contributed by atoms with Crippen LogP contribution in [-0.2, 0) is 4.74 Å². The normalized spacial score (nSPS) is 27.1. The van der Waals surface area contributed by atoms with E-state index < -0.39 is 0 Å². The molecule has 2 aliphatic rings. The Labute approximate surface area is 99.1 Å². The largest absolute Gasteiger partial charge is 0.491 e. The van der Waals surface area contributed by atoms with Gasteiger partial charge in [-0.1, -0.05) is 39.8 Å². The van der Waals surface area contributed by atoms with Crippen LogP contribution in [-0.4, -0.2) is 18.4 Å². The Balaban J connectivity index is 0.000000606. The van der Waals surface area contributed by atoms with Gasteiger partial charge in [0, 0.05) is 6.42 Å². The van der Waals surface area contributed by atoms with Crippen LogP contribution in [0.3, 0.4) is 0 Å². The van der Waals surface area contributed by atoms with Crippen LogP contribution in [0.5, 0.6) is 0 Å². The number of aliphatic imine (C=N–C) groups is 1. The lowest BCUT2D eigenvalue weighted by atomic mass is 9.88. The number of allylic oxidation sites excluding steroid dienone is 2. The third-order valence-electron chi connectivity index (χ3n) is 3.20. The fraction of sp³-hybridized carbons (Fsp3) is 0.643. The average Bonchev–Trinajstić information content (AvgIpc) is 2.67. The van der Waals surface area contributed by atoms with Crippen molar-refractivity contribution in [3.05, 3.63) is 23.5 Å². The second-order valence-electron chi connectivity index (χ2n) is 4.46. The van der Waals surface area contributed by atoms with Gasteiger partial charge in [-0.3, -0.25) is 4.99 Å². The van der Waals surface area contributed by atoms with E-state index in [0.717, 1.165) is 18.8 Å². The highest BCUT2D eigenvalue weighted by atomic mass is 16.5. The zero-order chi connectivity index (χ0) is 12.2. The molecule has 16 heavy (non-hydrogen) atoms. The Morgan fingerprint density at radius 2 is 2.06 bits per heavy atom. The van der Waals surface area contributed by atoms with Gasteiger partial charge in [0.05, 0.1) is 18.4 Å². The van der Waals surface area contributed by atoms with Crippen LogP contribution in [0.4, 0.5) is 0 Å². The highest BCUT2D eigenvalue weighted by molar-refractivity contribution is 5.80. The smallest absolute Gasteiger partial charge is 0.140 e. The molecule has 0 aliphatic carbocycles. The molecule has 0 saturated heterocycles. The van der Waals surface area contributed by atoms with Crippen LogP contribution in [0.1, 0.15) is 41.0 Å². The maximum Gasteiger partial charge on any atom is 0.140 e. The predicted octanol–water partition coefficient (Wildman–Crippen LogP) is 3.74. The van der Waals surface area contributed by atoms with E-state index in [1.807, 2.05) is 20.1 Å². The number of nitrogens with zero attached hydrogens (tertiary/aromatic N) is 1. The van der Waals surface area contributed by atoms with Crippen molar-refractivity contribution in [3.63, 3.8) is 0 Å². The lowest BCUT2D eigenvalue weighted by molar-refractivity contribution is 0.264. The summed E-state index contributed by atoms with van der Waals surface area (Å²) in [6, 6.07) is 0. The molecule has 0 amide bonds. The van der Waals surface area contributed by atoms with Gasteiger partial charge >= 0.3 is 0 Å². The lowest BCUT2D eigenvalue weighted by Gasteiger charge is -2.25. The van der Waals surface area contributed by atoms with Crippen molar-refractivity contribution in [1.82, 2.24) is 0 Å². The van der Waals surface area contributed by atoms with Crippen LogP contribution < -0.4 is 0 Å². The van der Waals surface area contributed by atoms with Crippen LogP contribution in [0.15, 0.2) is 28.5 Å². The minimum absolute atomic E-state index is 0.0757. The molecule has 0 spiro atoms. The second-order valence-corrected chi connectivity index (χ2v) is 4.46. The highest BCUT2D eigenvalue weighted by Gasteiger charge is 2.26. The summed E-state index contributed by atoms with van der Waals surface area (Å²) < 4.78 is 5.49. The van der Waals surface area contributed by atoms with E-state index in [-0.39, 0.29) is 5.54 Å². The van der Waals surface area contributed by atoms with Gasteiger partial charge in [-0.2, -0.15) is 0 Å². The molecule has 0 radical (unpaired) electrons. The van der Waals surface area contributed by atoms with Crippen LogP contribution in [0.2, 0.25) is 0 Å². The molecule has 0 aromatic carbocycles. The quantitative estimate of drug-likeness (QED) is 0.661. The molecule has 0 saturated carbocycles. The zero-order valence-corrected chi connectivity index (χ0v) is 11.1. The monoisotopic (exact) mass is 221 g/mol.